The molecule has 5 heteroatoms. The Labute approximate surface area is 159 Å². The van der Waals surface area contributed by atoms with E-state index in [0.29, 0.717) is 11.8 Å². The van der Waals surface area contributed by atoms with Crippen LogP contribution in [-0.2, 0) is 22.4 Å². The molecule has 27 heavy (non-hydrogen) atoms. The van der Waals surface area contributed by atoms with Crippen molar-refractivity contribution < 1.29 is 23.5 Å². The van der Waals surface area contributed by atoms with Gasteiger partial charge in [0.15, 0.2) is 11.5 Å². The second kappa shape index (κ2) is 6.20. The zero-order valence-electron chi connectivity index (χ0n) is 16.2. The average molecular weight is 366 g/mol. The van der Waals surface area contributed by atoms with Gasteiger partial charge in [0.2, 0.25) is 0 Å². The molecule has 0 fully saturated rings. The highest BCUT2D eigenvalue weighted by Crippen LogP contribution is 2.52. The number of hydrogen-bond acceptors (Lipinski definition) is 4. The maximum atomic E-state index is 11.8. The van der Waals surface area contributed by atoms with Crippen LogP contribution in [0.3, 0.4) is 0 Å². The van der Waals surface area contributed by atoms with Crippen LogP contribution in [0.2, 0.25) is 0 Å². The lowest BCUT2D eigenvalue weighted by Gasteiger charge is -2.46. The van der Waals surface area contributed by atoms with Crippen LogP contribution in [0.25, 0.3) is 11.1 Å². The number of likely N-dealkylation sites (N-methyl/N-ethyl adjacent to an activating group) is 1. The SMILES string of the molecule is CC(=O)Oc1ccc2c(c1OC(C)=O)-c1cccc3c1C(C2)[N+](C)(C)CC3. The van der Waals surface area contributed by atoms with Crippen LogP contribution < -0.4 is 9.47 Å². The molecule has 0 bridgehead atoms. The molecule has 0 saturated carbocycles. The molecule has 0 saturated heterocycles. The van der Waals surface area contributed by atoms with Gasteiger partial charge in [0, 0.05) is 37.8 Å². The maximum Gasteiger partial charge on any atom is 0.308 e. The van der Waals surface area contributed by atoms with Gasteiger partial charge < -0.3 is 14.0 Å². The van der Waals surface area contributed by atoms with E-state index in [1.54, 1.807) is 6.07 Å². The molecule has 0 radical (unpaired) electrons. The molecule has 1 atom stereocenters. The third-order valence-electron chi connectivity index (χ3n) is 5.72. The van der Waals surface area contributed by atoms with Crippen LogP contribution in [0.1, 0.15) is 36.6 Å². The van der Waals surface area contributed by atoms with Gasteiger partial charge in [0.25, 0.3) is 0 Å². The van der Waals surface area contributed by atoms with Crippen LogP contribution in [-0.4, -0.2) is 37.1 Å². The van der Waals surface area contributed by atoms with Crippen LogP contribution in [0.15, 0.2) is 30.3 Å². The Morgan fingerprint density at radius 1 is 1.00 bits per heavy atom. The summed E-state index contributed by atoms with van der Waals surface area (Å²) in [6.45, 7) is 3.80. The molecule has 1 heterocycles. The van der Waals surface area contributed by atoms with Crippen LogP contribution in [0, 0.1) is 0 Å². The van der Waals surface area contributed by atoms with Gasteiger partial charge in [-0.1, -0.05) is 24.3 Å². The van der Waals surface area contributed by atoms with Crippen LogP contribution in [0.4, 0.5) is 0 Å². The molecule has 2 aromatic carbocycles. The predicted molar refractivity (Wildman–Crippen MR) is 102 cm³/mol. The molecule has 0 amide bonds. The van der Waals surface area contributed by atoms with E-state index < -0.39 is 11.9 Å². The zero-order valence-corrected chi connectivity index (χ0v) is 16.2. The first-order valence-corrected chi connectivity index (χ1v) is 9.25. The summed E-state index contributed by atoms with van der Waals surface area (Å²) in [5, 5.41) is 0. The van der Waals surface area contributed by atoms with Crippen molar-refractivity contribution >= 4 is 11.9 Å². The van der Waals surface area contributed by atoms with Crippen molar-refractivity contribution in [1.29, 1.82) is 0 Å². The lowest BCUT2D eigenvalue weighted by Crippen LogP contribution is -2.49. The van der Waals surface area contributed by atoms with Crippen LogP contribution in [0.5, 0.6) is 11.5 Å². The quantitative estimate of drug-likeness (QED) is 0.464. The second-order valence-electron chi connectivity index (χ2n) is 7.96. The number of carbonyl (C=O) groups excluding carboxylic acids is 2. The van der Waals surface area contributed by atoms with E-state index in [1.165, 1.54) is 25.0 Å². The van der Waals surface area contributed by atoms with Gasteiger partial charge in [-0.3, -0.25) is 9.59 Å². The van der Waals surface area contributed by atoms with Crippen molar-refractivity contribution in [3.8, 4) is 22.6 Å². The summed E-state index contributed by atoms with van der Waals surface area (Å²) in [5.41, 5.74) is 5.75. The van der Waals surface area contributed by atoms with E-state index in [9.17, 15) is 9.59 Å². The summed E-state index contributed by atoms with van der Waals surface area (Å²) >= 11 is 0. The third kappa shape index (κ3) is 2.92. The molecule has 2 aliphatic rings. The molecule has 0 spiro atoms. The minimum absolute atomic E-state index is 0.289. The fraction of sp³-hybridized carbons (Fsp3) is 0.364. The van der Waals surface area contributed by atoms with Gasteiger partial charge >= 0.3 is 11.9 Å². The molecule has 1 aliphatic carbocycles. The van der Waals surface area contributed by atoms with Crippen molar-refractivity contribution in [2.45, 2.75) is 32.7 Å². The summed E-state index contributed by atoms with van der Waals surface area (Å²) in [5.74, 6) is -0.236. The van der Waals surface area contributed by atoms with E-state index in [1.807, 2.05) is 6.07 Å². The number of nitrogens with zero attached hydrogens (tertiary/aromatic N) is 1. The number of hydrogen-bond donors (Lipinski definition) is 0. The Balaban J connectivity index is 1.99. The number of benzene rings is 2. The summed E-state index contributed by atoms with van der Waals surface area (Å²) in [4.78, 5) is 23.3. The highest BCUT2D eigenvalue weighted by Gasteiger charge is 2.42. The monoisotopic (exact) mass is 366 g/mol. The minimum atomic E-state index is -0.440. The van der Waals surface area contributed by atoms with Gasteiger partial charge in [0.05, 0.1) is 20.6 Å². The van der Waals surface area contributed by atoms with E-state index >= 15 is 0 Å². The van der Waals surface area contributed by atoms with Crippen molar-refractivity contribution in [1.82, 2.24) is 0 Å². The van der Waals surface area contributed by atoms with E-state index in [0.717, 1.165) is 40.6 Å². The van der Waals surface area contributed by atoms with Gasteiger partial charge in [0.1, 0.15) is 6.04 Å². The predicted octanol–water partition coefficient (Wildman–Crippen LogP) is 3.43. The van der Waals surface area contributed by atoms with Crippen molar-refractivity contribution in [2.75, 3.05) is 20.6 Å². The Morgan fingerprint density at radius 2 is 1.74 bits per heavy atom. The molecule has 1 unspecified atom stereocenters. The minimum Gasteiger partial charge on any atom is -0.423 e. The highest BCUT2D eigenvalue weighted by molar-refractivity contribution is 5.86. The van der Waals surface area contributed by atoms with E-state index in [2.05, 4.69) is 32.3 Å². The van der Waals surface area contributed by atoms with Crippen LogP contribution >= 0.6 is 0 Å². The van der Waals surface area contributed by atoms with Gasteiger partial charge in [-0.25, -0.2) is 0 Å². The Bertz CT molecular complexity index is 961. The maximum absolute atomic E-state index is 11.8. The third-order valence-corrected chi connectivity index (χ3v) is 5.72. The van der Waals surface area contributed by atoms with E-state index in [4.69, 9.17) is 9.47 Å². The highest BCUT2D eigenvalue weighted by atomic mass is 16.6. The van der Waals surface area contributed by atoms with Crippen molar-refractivity contribution in [2.24, 2.45) is 0 Å². The number of esters is 2. The Kier molecular flexibility index (Phi) is 4.07. The van der Waals surface area contributed by atoms with Gasteiger partial charge in [-0.2, -0.15) is 0 Å². The largest absolute Gasteiger partial charge is 0.423 e. The molecule has 4 rings (SSSR count). The van der Waals surface area contributed by atoms with Gasteiger partial charge in [-0.05, 0) is 22.8 Å². The molecule has 0 aromatic heterocycles. The molecule has 5 nitrogen and oxygen atoms in total. The zero-order chi connectivity index (χ0) is 19.3. The van der Waals surface area contributed by atoms with Crippen molar-refractivity contribution in [3.05, 3.63) is 47.0 Å². The first kappa shape index (κ1) is 17.7. The average Bonchev–Trinajstić information content (AvgIpc) is 2.59. The molecule has 2 aromatic rings. The molecule has 140 valence electrons. The summed E-state index contributed by atoms with van der Waals surface area (Å²) in [6.07, 6.45) is 1.88. The summed E-state index contributed by atoms with van der Waals surface area (Å²) in [6, 6.07) is 10.4. The second-order valence-corrected chi connectivity index (χ2v) is 7.96. The standard InChI is InChI=1S/C22H24NO4/c1-13(24)26-19-9-8-16-12-18-20-15(10-11-23(18,3)4)6-5-7-17(20)21(16)22(19)27-14(2)25/h5-9,18H,10-12H2,1-4H3/q+1. The lowest BCUT2D eigenvalue weighted by atomic mass is 9.76. The first-order valence-electron chi connectivity index (χ1n) is 9.25. The summed E-state index contributed by atoms with van der Waals surface area (Å²) < 4.78 is 11.8. The van der Waals surface area contributed by atoms with Crippen molar-refractivity contribution in [3.63, 3.8) is 0 Å². The molecule has 1 aliphatic heterocycles. The van der Waals surface area contributed by atoms with E-state index in [-0.39, 0.29) is 5.75 Å². The number of rotatable bonds is 2. The normalized spacial score (nSPS) is 18.9. The topological polar surface area (TPSA) is 52.6 Å². The lowest BCUT2D eigenvalue weighted by molar-refractivity contribution is -0.923. The van der Waals surface area contributed by atoms with Gasteiger partial charge in [-0.15, -0.1) is 0 Å². The first-order chi connectivity index (χ1) is 12.8. The molecular formula is C22H24NO4+. The smallest absolute Gasteiger partial charge is 0.308 e. The fourth-order valence-corrected chi connectivity index (χ4v) is 4.46. The molecule has 0 N–H and O–H groups in total. The fourth-order valence-electron chi connectivity index (χ4n) is 4.46. The number of ether oxygens (including phenoxy) is 2. The summed E-state index contributed by atoms with van der Waals surface area (Å²) in [7, 11) is 4.55. The number of fused-ring (bicyclic) bond motifs is 2. The number of quaternary nitrogens is 1. The molecular weight excluding hydrogens is 342 g/mol. The Hall–Kier alpha value is -2.66. The Morgan fingerprint density at radius 3 is 2.44 bits per heavy atom. The number of carbonyl (C=O) groups is 2.